The number of rotatable bonds is 2. The van der Waals surface area contributed by atoms with Crippen molar-refractivity contribution in [1.29, 1.82) is 0 Å². The third-order valence-corrected chi connectivity index (χ3v) is 5.19. The van der Waals surface area contributed by atoms with Crippen molar-refractivity contribution in [2.75, 3.05) is 4.90 Å². The molecule has 2 aliphatic rings. The fraction of sp³-hybridized carbons (Fsp3) is 0.0714. The molecule has 0 saturated heterocycles. The van der Waals surface area contributed by atoms with Crippen LogP contribution in [-0.2, 0) is 25.9 Å². The van der Waals surface area contributed by atoms with Crippen LogP contribution in [0.25, 0.3) is 11.3 Å². The third kappa shape index (κ3) is 4.84. The van der Waals surface area contributed by atoms with E-state index < -0.39 is 0 Å². The zero-order valence-corrected chi connectivity index (χ0v) is 21.2. The first kappa shape index (κ1) is 24.2. The van der Waals surface area contributed by atoms with E-state index in [2.05, 4.69) is 28.1 Å². The number of carbonyl (C=O) groups is 1. The van der Waals surface area contributed by atoms with E-state index in [9.17, 15) is 4.79 Å². The largest absolute Gasteiger partial charge is 0.512 e. The number of aliphatic hydroxyl groups is 1. The molecule has 0 fully saturated rings. The Morgan fingerprint density at radius 3 is 2.11 bits per heavy atom. The number of carbonyl (C=O) groups excluding carboxylic acids is 1. The number of anilines is 3. The number of ether oxygens (including phenoxy) is 2. The quantitative estimate of drug-likeness (QED) is 0.122. The van der Waals surface area contributed by atoms with E-state index >= 15 is 0 Å². The topological polar surface area (TPSA) is 71.9 Å². The first-order valence-electron chi connectivity index (χ1n) is 10.7. The van der Waals surface area contributed by atoms with Gasteiger partial charge in [0.05, 0.1) is 28.6 Å². The minimum Gasteiger partial charge on any atom is -0.512 e. The Bertz CT molecular complexity index is 1350. The molecule has 3 aromatic carbocycles. The van der Waals surface area contributed by atoms with E-state index in [1.165, 1.54) is 19.9 Å². The second-order valence-electron chi connectivity index (χ2n) is 7.81. The minimum atomic E-state index is -0.125. The van der Waals surface area contributed by atoms with Crippen molar-refractivity contribution in [1.82, 2.24) is 4.98 Å². The van der Waals surface area contributed by atoms with Gasteiger partial charge in [-0.1, -0.05) is 48.5 Å². The van der Waals surface area contributed by atoms with Gasteiger partial charge in [-0.25, -0.2) is 0 Å². The van der Waals surface area contributed by atoms with Gasteiger partial charge in [0.2, 0.25) is 0 Å². The molecule has 0 radical (unpaired) electrons. The smallest absolute Gasteiger partial charge is 0.155 e. The van der Waals surface area contributed by atoms with Gasteiger partial charge in [0, 0.05) is 39.0 Å². The normalized spacial score (nSPS) is 12.3. The molecule has 2 aliphatic heterocycles. The molecule has 0 bridgehead atoms. The molecule has 0 amide bonds. The molecule has 3 heterocycles. The maximum atomic E-state index is 10.0. The van der Waals surface area contributed by atoms with Gasteiger partial charge in [-0.05, 0) is 49.9 Å². The Kier molecular flexibility index (Phi) is 7.04. The molecular formula is C28H21N2O4Pt-. The summed E-state index contributed by atoms with van der Waals surface area (Å²) in [6.45, 7) is 2.85. The van der Waals surface area contributed by atoms with Gasteiger partial charge in [-0.15, -0.1) is 5.56 Å². The maximum Gasteiger partial charge on any atom is 0.155 e. The van der Waals surface area contributed by atoms with Crippen molar-refractivity contribution in [3.8, 4) is 34.3 Å². The summed E-state index contributed by atoms with van der Waals surface area (Å²) in [5.74, 6) is 2.92. The summed E-state index contributed by atoms with van der Waals surface area (Å²) in [5, 5.41) is 8.36. The molecule has 7 heteroatoms. The predicted octanol–water partition coefficient (Wildman–Crippen LogP) is 7.26. The Morgan fingerprint density at radius 1 is 0.914 bits per heavy atom. The Balaban J connectivity index is 0.000000320. The van der Waals surface area contributed by atoms with E-state index in [1.54, 1.807) is 6.20 Å². The van der Waals surface area contributed by atoms with Gasteiger partial charge in [0.25, 0.3) is 0 Å². The molecule has 1 N–H and O–H groups in total. The first-order valence-corrected chi connectivity index (χ1v) is 10.7. The Morgan fingerprint density at radius 2 is 1.54 bits per heavy atom. The van der Waals surface area contributed by atoms with Crippen LogP contribution in [0.2, 0.25) is 0 Å². The molecule has 4 aromatic rings. The van der Waals surface area contributed by atoms with Crippen LogP contribution in [0, 0.1) is 6.07 Å². The van der Waals surface area contributed by atoms with Crippen molar-refractivity contribution >= 4 is 22.8 Å². The van der Waals surface area contributed by atoms with Crippen LogP contribution >= 0.6 is 0 Å². The zero-order valence-electron chi connectivity index (χ0n) is 19.0. The number of allylic oxidation sites excluding steroid dienone is 2. The minimum absolute atomic E-state index is 0. The Hall–Kier alpha value is -3.89. The standard InChI is InChI=1S/C23H13N2O2.C5H8O2.Pt/c1-3-10-19-17(8-1)25-18-9-2-4-11-20(18)27-22-14-15(13-21(26-19)23(22)25)16-7-5-6-12-24-16;1-4(6)3-5(2)7;/h1-13H;3,6H,1-2H3;/q-1;;/b;4-3-;. The van der Waals surface area contributed by atoms with Gasteiger partial charge >= 0.3 is 0 Å². The summed E-state index contributed by atoms with van der Waals surface area (Å²) in [7, 11) is 0. The summed E-state index contributed by atoms with van der Waals surface area (Å²) >= 11 is 0. The van der Waals surface area contributed by atoms with Gasteiger partial charge in [0.1, 0.15) is 11.5 Å². The summed E-state index contributed by atoms with van der Waals surface area (Å²) in [5.41, 5.74) is 4.50. The van der Waals surface area contributed by atoms with Gasteiger partial charge in [-0.3, -0.25) is 4.79 Å². The fourth-order valence-corrected chi connectivity index (χ4v) is 3.90. The van der Waals surface area contributed by atoms with E-state index in [-0.39, 0.29) is 32.6 Å². The van der Waals surface area contributed by atoms with E-state index in [1.807, 2.05) is 60.7 Å². The van der Waals surface area contributed by atoms with Crippen LogP contribution in [0.4, 0.5) is 17.1 Å². The third-order valence-electron chi connectivity index (χ3n) is 5.19. The molecule has 6 nitrogen and oxygen atoms in total. The number of aromatic nitrogens is 1. The molecule has 0 saturated carbocycles. The molecule has 0 aliphatic carbocycles. The number of aliphatic hydroxyl groups excluding tert-OH is 1. The van der Waals surface area contributed by atoms with E-state index in [0.717, 1.165) is 45.6 Å². The molecule has 0 atom stereocenters. The molecule has 178 valence electrons. The average Bonchev–Trinajstić information content (AvgIpc) is 2.83. The number of ketones is 1. The van der Waals surface area contributed by atoms with Crippen molar-refractivity contribution in [3.63, 3.8) is 0 Å². The molecule has 6 rings (SSSR count). The van der Waals surface area contributed by atoms with Gasteiger partial charge in [-0.2, -0.15) is 0 Å². The van der Waals surface area contributed by atoms with Crippen molar-refractivity contribution < 1.29 is 40.4 Å². The number of benzene rings is 3. The summed E-state index contributed by atoms with van der Waals surface area (Å²) in [6, 6.07) is 27.2. The number of hydrogen-bond acceptors (Lipinski definition) is 6. The van der Waals surface area contributed by atoms with Gasteiger partial charge < -0.3 is 24.5 Å². The van der Waals surface area contributed by atoms with Crippen LogP contribution in [0.3, 0.4) is 0 Å². The average molecular weight is 645 g/mol. The number of para-hydroxylation sites is 4. The number of fused-ring (bicyclic) bond motifs is 4. The molecule has 1 aromatic heterocycles. The summed E-state index contributed by atoms with van der Waals surface area (Å²) < 4.78 is 12.4. The molecule has 0 spiro atoms. The monoisotopic (exact) mass is 644 g/mol. The maximum absolute atomic E-state index is 10.0. The van der Waals surface area contributed by atoms with Crippen LogP contribution < -0.4 is 14.4 Å². The van der Waals surface area contributed by atoms with Crippen LogP contribution in [-0.4, -0.2) is 15.9 Å². The first-order chi connectivity index (χ1) is 16.5. The van der Waals surface area contributed by atoms with Crippen LogP contribution in [0.1, 0.15) is 13.8 Å². The molecule has 0 unspecified atom stereocenters. The van der Waals surface area contributed by atoms with Crippen molar-refractivity contribution in [2.45, 2.75) is 13.8 Å². The number of pyridine rings is 1. The summed E-state index contributed by atoms with van der Waals surface area (Å²) in [6.07, 6.45) is 2.94. The van der Waals surface area contributed by atoms with Gasteiger partial charge in [0.15, 0.2) is 5.78 Å². The van der Waals surface area contributed by atoms with Crippen LogP contribution in [0.15, 0.2) is 90.8 Å². The van der Waals surface area contributed by atoms with E-state index in [0.29, 0.717) is 5.75 Å². The van der Waals surface area contributed by atoms with Crippen molar-refractivity contribution in [3.05, 3.63) is 96.9 Å². The molecular weight excluding hydrogens is 623 g/mol. The Labute approximate surface area is 217 Å². The van der Waals surface area contributed by atoms with E-state index in [4.69, 9.17) is 14.6 Å². The fourth-order valence-electron chi connectivity index (χ4n) is 3.90. The second-order valence-corrected chi connectivity index (χ2v) is 7.81. The SMILES string of the molecule is CC(=O)/C=C(/C)O.[Pt].[c-]1c(-c2ccccn2)cc2c3c1Oc1ccccc1N3c1ccccc1O2. The predicted molar refractivity (Wildman–Crippen MR) is 130 cm³/mol. The molecule has 35 heavy (non-hydrogen) atoms. The second kappa shape index (κ2) is 10.2. The summed E-state index contributed by atoms with van der Waals surface area (Å²) in [4.78, 5) is 16.6. The number of nitrogens with zero attached hydrogens (tertiary/aromatic N) is 2. The van der Waals surface area contributed by atoms with Crippen LogP contribution in [0.5, 0.6) is 23.0 Å². The zero-order chi connectivity index (χ0) is 23.7. The van der Waals surface area contributed by atoms with Crippen molar-refractivity contribution in [2.24, 2.45) is 0 Å². The number of hydrogen-bond donors (Lipinski definition) is 1.